The number of hydrogen-bond donors (Lipinski definition) is 1. The fourth-order valence-corrected chi connectivity index (χ4v) is 1.92. The average molecular weight is 255 g/mol. The molecule has 18 heavy (non-hydrogen) atoms. The summed E-state index contributed by atoms with van der Waals surface area (Å²) in [5, 5.41) is 0. The van der Waals surface area contributed by atoms with Gasteiger partial charge in [-0.3, -0.25) is 0 Å². The highest BCUT2D eigenvalue weighted by Gasteiger charge is 2.24. The molecule has 1 aliphatic rings. The normalized spacial score (nSPS) is 16.7. The van der Waals surface area contributed by atoms with Crippen molar-refractivity contribution < 1.29 is 13.5 Å². The summed E-state index contributed by atoms with van der Waals surface area (Å²) in [6, 6.07) is 1.21. The lowest BCUT2D eigenvalue weighted by atomic mass is 10.0. The molecule has 0 heterocycles. The molecular weight excluding hydrogens is 236 g/mol. The highest BCUT2D eigenvalue weighted by atomic mass is 19.1. The molecule has 0 saturated heterocycles. The molecule has 1 saturated carbocycles. The van der Waals surface area contributed by atoms with Crippen LogP contribution in [-0.4, -0.2) is 12.6 Å². The maximum Gasteiger partial charge on any atom is 0.191 e. The van der Waals surface area contributed by atoms with Gasteiger partial charge in [0.1, 0.15) is 0 Å². The van der Waals surface area contributed by atoms with E-state index >= 15 is 0 Å². The summed E-state index contributed by atoms with van der Waals surface area (Å²) >= 11 is 0. The summed E-state index contributed by atoms with van der Waals surface area (Å²) in [6.07, 6.45) is 2.64. The number of hydrogen-bond acceptors (Lipinski definition) is 2. The Kier molecular flexibility index (Phi) is 3.85. The second-order valence-corrected chi connectivity index (χ2v) is 5.22. The van der Waals surface area contributed by atoms with Crippen molar-refractivity contribution in [3.63, 3.8) is 0 Å². The Hall–Kier alpha value is -1.16. The minimum atomic E-state index is -0.630. The van der Waals surface area contributed by atoms with Crippen LogP contribution < -0.4 is 10.5 Å². The molecular formula is C14H19F2NO. The van der Waals surface area contributed by atoms with E-state index in [-0.39, 0.29) is 11.8 Å². The quantitative estimate of drug-likeness (QED) is 0.878. The Morgan fingerprint density at radius 3 is 2.67 bits per heavy atom. The molecule has 4 heteroatoms. The lowest BCUT2D eigenvalue weighted by molar-refractivity contribution is 0.269. The zero-order chi connectivity index (χ0) is 13.3. The van der Waals surface area contributed by atoms with Crippen LogP contribution >= 0.6 is 0 Å². The van der Waals surface area contributed by atoms with E-state index in [1.165, 1.54) is 6.07 Å². The van der Waals surface area contributed by atoms with Crippen LogP contribution in [-0.2, 0) is 6.42 Å². The van der Waals surface area contributed by atoms with Crippen LogP contribution in [0.1, 0.15) is 30.9 Å². The van der Waals surface area contributed by atoms with E-state index in [2.05, 4.69) is 0 Å². The Labute approximate surface area is 106 Å². The first-order chi connectivity index (χ1) is 8.49. The summed E-state index contributed by atoms with van der Waals surface area (Å²) in [6.45, 7) is 3.85. The van der Waals surface area contributed by atoms with Crippen molar-refractivity contribution in [3.05, 3.63) is 28.8 Å². The van der Waals surface area contributed by atoms with Gasteiger partial charge in [-0.25, -0.2) is 8.78 Å². The molecule has 100 valence electrons. The largest absolute Gasteiger partial charge is 0.487 e. The Morgan fingerprint density at radius 2 is 2.11 bits per heavy atom. The molecule has 1 unspecified atom stereocenters. The molecule has 1 aliphatic carbocycles. The van der Waals surface area contributed by atoms with Crippen LogP contribution in [0.4, 0.5) is 8.78 Å². The van der Waals surface area contributed by atoms with Gasteiger partial charge in [-0.05, 0) is 56.2 Å². The van der Waals surface area contributed by atoms with Crippen molar-refractivity contribution >= 4 is 0 Å². The zero-order valence-corrected chi connectivity index (χ0v) is 10.8. The smallest absolute Gasteiger partial charge is 0.191 e. The molecule has 0 aliphatic heterocycles. The molecule has 1 aromatic carbocycles. The summed E-state index contributed by atoms with van der Waals surface area (Å²) in [4.78, 5) is 0. The summed E-state index contributed by atoms with van der Waals surface area (Å²) in [5.74, 6) is -0.999. The fraction of sp³-hybridized carbons (Fsp3) is 0.571. The first-order valence-electron chi connectivity index (χ1n) is 6.35. The van der Waals surface area contributed by atoms with Crippen LogP contribution in [0.25, 0.3) is 0 Å². The number of benzene rings is 1. The summed E-state index contributed by atoms with van der Waals surface area (Å²) < 4.78 is 33.1. The van der Waals surface area contributed by atoms with Gasteiger partial charge >= 0.3 is 0 Å². The van der Waals surface area contributed by atoms with Gasteiger partial charge in [-0.1, -0.05) is 0 Å². The molecule has 2 rings (SSSR count). The van der Waals surface area contributed by atoms with Crippen molar-refractivity contribution in [1.29, 1.82) is 0 Å². The maximum atomic E-state index is 14.0. The Morgan fingerprint density at radius 1 is 1.44 bits per heavy atom. The highest BCUT2D eigenvalue weighted by Crippen LogP contribution is 2.32. The van der Waals surface area contributed by atoms with Crippen LogP contribution in [0.3, 0.4) is 0 Å². The highest BCUT2D eigenvalue weighted by molar-refractivity contribution is 5.38. The van der Waals surface area contributed by atoms with Gasteiger partial charge in [0.05, 0.1) is 6.61 Å². The van der Waals surface area contributed by atoms with Crippen molar-refractivity contribution in [2.24, 2.45) is 11.7 Å². The number of halogens is 2. The van der Waals surface area contributed by atoms with Crippen molar-refractivity contribution in [1.82, 2.24) is 0 Å². The van der Waals surface area contributed by atoms with Crippen LogP contribution in [0.5, 0.6) is 5.75 Å². The third-order valence-electron chi connectivity index (χ3n) is 3.23. The second kappa shape index (κ2) is 5.22. The van der Waals surface area contributed by atoms with E-state index in [1.807, 2.05) is 6.92 Å². The second-order valence-electron chi connectivity index (χ2n) is 5.22. The molecule has 1 atom stereocenters. The van der Waals surface area contributed by atoms with Crippen molar-refractivity contribution in [3.8, 4) is 5.75 Å². The first kappa shape index (κ1) is 13.3. The zero-order valence-electron chi connectivity index (χ0n) is 10.8. The molecule has 0 radical (unpaired) electrons. The van der Waals surface area contributed by atoms with E-state index < -0.39 is 11.6 Å². The maximum absolute atomic E-state index is 14.0. The molecule has 0 spiro atoms. The van der Waals surface area contributed by atoms with Crippen molar-refractivity contribution in [2.75, 3.05) is 6.61 Å². The first-order valence-corrected chi connectivity index (χ1v) is 6.35. The minimum absolute atomic E-state index is 0.124. The van der Waals surface area contributed by atoms with E-state index in [4.69, 9.17) is 10.5 Å². The molecule has 2 nitrogen and oxygen atoms in total. The minimum Gasteiger partial charge on any atom is -0.487 e. The summed E-state index contributed by atoms with van der Waals surface area (Å²) in [5.41, 5.74) is 6.70. The van der Waals surface area contributed by atoms with Gasteiger partial charge in [-0.2, -0.15) is 0 Å². The monoisotopic (exact) mass is 255 g/mol. The SMILES string of the molecule is Cc1c(CC(C)N)cc(F)c(OCC2CC2)c1F. The van der Waals surface area contributed by atoms with Gasteiger partial charge in [0.15, 0.2) is 17.4 Å². The van der Waals surface area contributed by atoms with Crippen LogP contribution in [0, 0.1) is 24.5 Å². The van der Waals surface area contributed by atoms with Crippen LogP contribution in [0.2, 0.25) is 0 Å². The van der Waals surface area contributed by atoms with Crippen LogP contribution in [0.15, 0.2) is 6.07 Å². The number of nitrogens with two attached hydrogens (primary N) is 1. The van der Waals surface area contributed by atoms with E-state index in [9.17, 15) is 8.78 Å². The van der Waals surface area contributed by atoms with Gasteiger partial charge in [0.2, 0.25) is 0 Å². The number of ether oxygens (including phenoxy) is 1. The van der Waals surface area contributed by atoms with Gasteiger partial charge in [0.25, 0.3) is 0 Å². The molecule has 2 N–H and O–H groups in total. The molecule has 0 bridgehead atoms. The van der Waals surface area contributed by atoms with E-state index in [0.717, 1.165) is 12.8 Å². The molecule has 1 aromatic rings. The number of rotatable bonds is 5. The van der Waals surface area contributed by atoms with Gasteiger partial charge < -0.3 is 10.5 Å². The third-order valence-corrected chi connectivity index (χ3v) is 3.23. The van der Waals surface area contributed by atoms with E-state index in [1.54, 1.807) is 6.92 Å². The predicted octanol–water partition coefficient (Wildman–Crippen LogP) is 2.95. The lowest BCUT2D eigenvalue weighted by Crippen LogP contribution is -2.19. The van der Waals surface area contributed by atoms with Gasteiger partial charge in [-0.15, -0.1) is 0 Å². The standard InChI is InChI=1S/C14H19F2NO/c1-8(17)5-11-6-12(15)14(13(16)9(11)2)18-7-10-3-4-10/h6,8,10H,3-5,7,17H2,1-2H3. The summed E-state index contributed by atoms with van der Waals surface area (Å²) in [7, 11) is 0. The Balaban J connectivity index is 2.21. The lowest BCUT2D eigenvalue weighted by Gasteiger charge is -2.14. The molecule has 0 aromatic heterocycles. The molecule has 1 fully saturated rings. The topological polar surface area (TPSA) is 35.2 Å². The fourth-order valence-electron chi connectivity index (χ4n) is 1.92. The average Bonchev–Trinajstić information content (AvgIpc) is 3.08. The third kappa shape index (κ3) is 2.99. The van der Waals surface area contributed by atoms with E-state index in [0.29, 0.717) is 30.1 Å². The Bertz CT molecular complexity index is 442. The van der Waals surface area contributed by atoms with Gasteiger partial charge in [0, 0.05) is 6.04 Å². The van der Waals surface area contributed by atoms with Crippen molar-refractivity contribution in [2.45, 2.75) is 39.2 Å². The predicted molar refractivity (Wildman–Crippen MR) is 66.7 cm³/mol. The molecule has 0 amide bonds.